The number of hydrogen-bond acceptors (Lipinski definition) is 3. The van der Waals surface area contributed by atoms with E-state index in [0.717, 1.165) is 0 Å². The van der Waals surface area contributed by atoms with Crippen molar-refractivity contribution in [2.24, 2.45) is 0 Å². The third-order valence-electron chi connectivity index (χ3n) is 3.01. The van der Waals surface area contributed by atoms with Crippen molar-refractivity contribution in [3.63, 3.8) is 0 Å². The van der Waals surface area contributed by atoms with Crippen molar-refractivity contribution in [2.75, 3.05) is 19.3 Å². The molecule has 0 saturated heterocycles. The number of nitrogens with zero attached hydrogens (tertiary/aromatic N) is 3. The molecule has 7 heteroatoms. The third kappa shape index (κ3) is 2.62. The van der Waals surface area contributed by atoms with Crippen molar-refractivity contribution < 1.29 is 4.79 Å². The molecule has 102 valence electrons. The Morgan fingerprint density at radius 3 is 2.68 bits per heavy atom. The van der Waals surface area contributed by atoms with Crippen molar-refractivity contribution in [1.29, 1.82) is 0 Å². The molecule has 0 radical (unpaired) electrons. The van der Waals surface area contributed by atoms with Crippen LogP contribution in [0.2, 0.25) is 10.0 Å². The van der Waals surface area contributed by atoms with E-state index in [2.05, 4.69) is 4.98 Å². The van der Waals surface area contributed by atoms with E-state index in [1.807, 2.05) is 6.92 Å². The van der Waals surface area contributed by atoms with Gasteiger partial charge in [0.15, 0.2) is 0 Å². The summed E-state index contributed by atoms with van der Waals surface area (Å²) in [6.45, 7) is 2.67. The fraction of sp³-hybridized carbons (Fsp3) is 0.333. The summed E-state index contributed by atoms with van der Waals surface area (Å²) >= 11 is 11.9. The van der Waals surface area contributed by atoms with Gasteiger partial charge in [0.2, 0.25) is 11.9 Å². The molecule has 1 amide bonds. The maximum Gasteiger partial charge on any atom is 0.242 e. The highest BCUT2D eigenvalue weighted by molar-refractivity contribution is 6.42. The van der Waals surface area contributed by atoms with Crippen molar-refractivity contribution in [3.8, 4) is 0 Å². The van der Waals surface area contributed by atoms with Crippen LogP contribution in [0.4, 0.5) is 5.95 Å². The van der Waals surface area contributed by atoms with Gasteiger partial charge in [0.05, 0.1) is 21.1 Å². The van der Waals surface area contributed by atoms with Crippen LogP contribution in [-0.4, -0.2) is 34.0 Å². The van der Waals surface area contributed by atoms with Gasteiger partial charge >= 0.3 is 0 Å². The molecule has 0 fully saturated rings. The molecule has 2 rings (SSSR count). The zero-order valence-electron chi connectivity index (χ0n) is 10.7. The molecule has 0 aliphatic rings. The van der Waals surface area contributed by atoms with E-state index in [-0.39, 0.29) is 18.4 Å². The maximum atomic E-state index is 12.0. The lowest BCUT2D eigenvalue weighted by atomic mass is 10.3. The minimum Gasteiger partial charge on any atom is -0.369 e. The monoisotopic (exact) mass is 300 g/mol. The molecular weight excluding hydrogens is 287 g/mol. The Bertz CT molecular complexity index is 638. The van der Waals surface area contributed by atoms with Gasteiger partial charge in [0.25, 0.3) is 0 Å². The van der Waals surface area contributed by atoms with Crippen LogP contribution in [0.5, 0.6) is 0 Å². The van der Waals surface area contributed by atoms with Gasteiger partial charge in [-0.3, -0.25) is 4.79 Å². The number of benzene rings is 1. The quantitative estimate of drug-likeness (QED) is 0.947. The van der Waals surface area contributed by atoms with Crippen LogP contribution in [-0.2, 0) is 11.3 Å². The first kappa shape index (κ1) is 14.0. The molecule has 1 aromatic carbocycles. The fourth-order valence-electron chi connectivity index (χ4n) is 1.74. The molecule has 0 bridgehead atoms. The van der Waals surface area contributed by atoms with Crippen LogP contribution in [0.15, 0.2) is 12.1 Å². The molecule has 2 N–H and O–H groups in total. The predicted molar refractivity (Wildman–Crippen MR) is 77.5 cm³/mol. The molecule has 0 atom stereocenters. The fourth-order valence-corrected chi connectivity index (χ4v) is 2.05. The highest BCUT2D eigenvalue weighted by Crippen LogP contribution is 2.28. The van der Waals surface area contributed by atoms with Gasteiger partial charge in [-0.05, 0) is 19.1 Å². The SMILES string of the molecule is CCN(C)C(=O)Cn1c(N)nc2cc(Cl)c(Cl)cc21. The summed E-state index contributed by atoms with van der Waals surface area (Å²) in [4.78, 5) is 17.7. The van der Waals surface area contributed by atoms with E-state index in [0.29, 0.717) is 27.6 Å². The van der Waals surface area contributed by atoms with Gasteiger partial charge in [0.1, 0.15) is 6.54 Å². The molecule has 0 saturated carbocycles. The third-order valence-corrected chi connectivity index (χ3v) is 3.74. The summed E-state index contributed by atoms with van der Waals surface area (Å²) < 4.78 is 1.63. The summed E-state index contributed by atoms with van der Waals surface area (Å²) in [6, 6.07) is 3.31. The lowest BCUT2D eigenvalue weighted by Crippen LogP contribution is -2.30. The number of carbonyl (C=O) groups is 1. The molecule has 1 heterocycles. The highest BCUT2D eigenvalue weighted by atomic mass is 35.5. The Morgan fingerprint density at radius 2 is 2.05 bits per heavy atom. The second-order valence-electron chi connectivity index (χ2n) is 4.22. The zero-order chi connectivity index (χ0) is 14.2. The van der Waals surface area contributed by atoms with Crippen molar-refractivity contribution in [1.82, 2.24) is 14.5 Å². The van der Waals surface area contributed by atoms with E-state index in [1.54, 1.807) is 28.6 Å². The second kappa shape index (κ2) is 5.27. The zero-order valence-corrected chi connectivity index (χ0v) is 12.2. The van der Waals surface area contributed by atoms with E-state index < -0.39 is 0 Å². The van der Waals surface area contributed by atoms with Crippen LogP contribution in [0.25, 0.3) is 11.0 Å². The number of nitrogens with two attached hydrogens (primary N) is 1. The number of hydrogen-bond donors (Lipinski definition) is 1. The molecule has 2 aromatic rings. The second-order valence-corrected chi connectivity index (χ2v) is 5.03. The average Bonchev–Trinajstić information content (AvgIpc) is 2.65. The molecule has 0 unspecified atom stereocenters. The normalized spacial score (nSPS) is 10.9. The first-order valence-corrected chi connectivity index (χ1v) is 6.54. The van der Waals surface area contributed by atoms with E-state index >= 15 is 0 Å². The van der Waals surface area contributed by atoms with Gasteiger partial charge < -0.3 is 15.2 Å². The summed E-state index contributed by atoms with van der Waals surface area (Å²) in [5.41, 5.74) is 7.16. The predicted octanol–water partition coefficient (Wildman–Crippen LogP) is 2.40. The number of anilines is 1. The molecule has 1 aromatic heterocycles. The van der Waals surface area contributed by atoms with Crippen LogP contribution < -0.4 is 5.73 Å². The highest BCUT2D eigenvalue weighted by Gasteiger charge is 2.15. The van der Waals surface area contributed by atoms with Crippen molar-refractivity contribution >= 4 is 46.1 Å². The van der Waals surface area contributed by atoms with Gasteiger partial charge in [-0.2, -0.15) is 0 Å². The number of rotatable bonds is 3. The number of likely N-dealkylation sites (N-methyl/N-ethyl adjacent to an activating group) is 1. The van der Waals surface area contributed by atoms with Gasteiger partial charge in [-0.15, -0.1) is 0 Å². The minimum absolute atomic E-state index is 0.0421. The summed E-state index contributed by atoms with van der Waals surface area (Å²) in [5, 5.41) is 0.822. The smallest absolute Gasteiger partial charge is 0.242 e. The van der Waals surface area contributed by atoms with Gasteiger partial charge in [-0.1, -0.05) is 23.2 Å². The molecule has 0 spiro atoms. The van der Waals surface area contributed by atoms with Gasteiger partial charge in [0, 0.05) is 13.6 Å². The van der Waals surface area contributed by atoms with Crippen LogP contribution in [0.3, 0.4) is 0 Å². The minimum atomic E-state index is -0.0421. The maximum absolute atomic E-state index is 12.0. The number of halogens is 2. The van der Waals surface area contributed by atoms with Crippen LogP contribution >= 0.6 is 23.2 Å². The first-order valence-electron chi connectivity index (χ1n) is 5.78. The lowest BCUT2D eigenvalue weighted by molar-refractivity contribution is -0.130. The Balaban J connectivity index is 2.45. The first-order chi connectivity index (χ1) is 8.93. The van der Waals surface area contributed by atoms with Gasteiger partial charge in [-0.25, -0.2) is 4.98 Å². The Hall–Kier alpha value is -1.46. The Kier molecular flexibility index (Phi) is 3.87. The van der Waals surface area contributed by atoms with E-state index in [9.17, 15) is 4.79 Å². The number of carbonyl (C=O) groups excluding carboxylic acids is 1. The van der Waals surface area contributed by atoms with Crippen molar-refractivity contribution in [3.05, 3.63) is 22.2 Å². The number of nitrogen functional groups attached to an aromatic ring is 1. The Labute approximate surface area is 120 Å². The average molecular weight is 301 g/mol. The Morgan fingerprint density at radius 1 is 1.42 bits per heavy atom. The number of fused-ring (bicyclic) bond motifs is 1. The molecule has 0 aliphatic heterocycles. The number of aromatic nitrogens is 2. The molecular formula is C12H14Cl2N4O. The molecule has 5 nitrogen and oxygen atoms in total. The number of amides is 1. The standard InChI is InChI=1S/C12H14Cl2N4O/c1-3-17(2)11(19)6-18-10-5-8(14)7(13)4-9(10)16-12(18)15/h4-5H,3,6H2,1-2H3,(H2,15,16). The summed E-state index contributed by atoms with van der Waals surface area (Å²) in [7, 11) is 1.74. The van der Waals surface area contributed by atoms with Crippen LogP contribution in [0.1, 0.15) is 6.92 Å². The molecule has 0 aliphatic carbocycles. The summed E-state index contributed by atoms with van der Waals surface area (Å²) in [6.07, 6.45) is 0. The number of imidazole rings is 1. The molecule has 19 heavy (non-hydrogen) atoms. The van der Waals surface area contributed by atoms with E-state index in [4.69, 9.17) is 28.9 Å². The van der Waals surface area contributed by atoms with Crippen molar-refractivity contribution in [2.45, 2.75) is 13.5 Å². The summed E-state index contributed by atoms with van der Waals surface area (Å²) in [5.74, 6) is 0.228. The topological polar surface area (TPSA) is 64.2 Å². The lowest BCUT2D eigenvalue weighted by Gasteiger charge is -2.15. The van der Waals surface area contributed by atoms with Crippen LogP contribution in [0, 0.1) is 0 Å². The van der Waals surface area contributed by atoms with E-state index in [1.165, 1.54) is 0 Å². The largest absolute Gasteiger partial charge is 0.369 e.